The van der Waals surface area contributed by atoms with E-state index in [0.717, 1.165) is 24.2 Å². The maximum absolute atomic E-state index is 12.0. The number of phenols is 1. The van der Waals surface area contributed by atoms with E-state index in [0.29, 0.717) is 28.8 Å². The van der Waals surface area contributed by atoms with E-state index in [2.05, 4.69) is 26.5 Å². The van der Waals surface area contributed by atoms with Gasteiger partial charge in [0.1, 0.15) is 5.75 Å². The normalized spacial score (nSPS) is 10.9. The summed E-state index contributed by atoms with van der Waals surface area (Å²) in [5.74, 6) is 1.09. The molecule has 0 bridgehead atoms. The predicted octanol–water partition coefficient (Wildman–Crippen LogP) is 4.34. The number of nitrogens with zero attached hydrogens (tertiary/aromatic N) is 1. The highest BCUT2D eigenvalue weighted by atomic mass is 79.9. The highest BCUT2D eigenvalue weighted by molar-refractivity contribution is 9.10. The third-order valence-electron chi connectivity index (χ3n) is 4.15. The Bertz CT molecular complexity index is 853. The van der Waals surface area contributed by atoms with E-state index in [1.54, 1.807) is 19.2 Å². The summed E-state index contributed by atoms with van der Waals surface area (Å²) in [4.78, 5) is 12.0. The van der Waals surface area contributed by atoms with Crippen molar-refractivity contribution in [3.8, 4) is 17.2 Å². The van der Waals surface area contributed by atoms with Crippen LogP contribution < -0.4 is 14.9 Å². The molecule has 6 nitrogen and oxygen atoms in total. The summed E-state index contributed by atoms with van der Waals surface area (Å²) < 4.78 is 11.1. The number of carbonyl (C=O) groups is 1. The van der Waals surface area contributed by atoms with E-state index in [1.165, 1.54) is 11.8 Å². The summed E-state index contributed by atoms with van der Waals surface area (Å²) in [5, 5.41) is 13.9. The zero-order valence-electron chi connectivity index (χ0n) is 16.3. The lowest BCUT2D eigenvalue weighted by Crippen LogP contribution is -2.17. The second-order valence-corrected chi connectivity index (χ2v) is 7.08. The number of aromatic hydroxyl groups is 1. The number of aryl methyl sites for hydroxylation is 2. The number of carbonyl (C=O) groups excluding carboxylic acids is 1. The topological polar surface area (TPSA) is 80.2 Å². The van der Waals surface area contributed by atoms with Crippen LogP contribution in [0, 0.1) is 6.92 Å². The van der Waals surface area contributed by atoms with Crippen LogP contribution in [0.15, 0.2) is 39.9 Å². The van der Waals surface area contributed by atoms with Gasteiger partial charge < -0.3 is 14.6 Å². The van der Waals surface area contributed by atoms with Crippen molar-refractivity contribution in [1.29, 1.82) is 0 Å². The molecule has 150 valence electrons. The molecule has 0 aliphatic carbocycles. The Balaban J connectivity index is 1.84. The predicted molar refractivity (Wildman–Crippen MR) is 113 cm³/mol. The van der Waals surface area contributed by atoms with Crippen molar-refractivity contribution < 1.29 is 19.4 Å². The summed E-state index contributed by atoms with van der Waals surface area (Å²) >= 11 is 3.27. The number of phenolic OH excluding ortho intramolecular Hbond substituents is 1. The molecule has 0 aliphatic heterocycles. The minimum absolute atomic E-state index is 0.0388. The van der Waals surface area contributed by atoms with Gasteiger partial charge in [-0.05, 0) is 83.6 Å². The minimum Gasteiger partial charge on any atom is -0.503 e. The molecule has 1 amide bonds. The molecule has 2 aromatic rings. The van der Waals surface area contributed by atoms with Gasteiger partial charge in [0, 0.05) is 6.42 Å². The smallest absolute Gasteiger partial charge is 0.240 e. The van der Waals surface area contributed by atoms with Crippen molar-refractivity contribution in [2.45, 2.75) is 33.1 Å². The van der Waals surface area contributed by atoms with E-state index in [1.807, 2.05) is 32.0 Å². The first-order valence-corrected chi connectivity index (χ1v) is 9.84. The molecule has 0 aliphatic rings. The van der Waals surface area contributed by atoms with E-state index < -0.39 is 0 Å². The number of methoxy groups -OCH3 is 1. The van der Waals surface area contributed by atoms with Gasteiger partial charge in [-0.2, -0.15) is 5.10 Å². The largest absolute Gasteiger partial charge is 0.503 e. The fraction of sp³-hybridized carbons (Fsp3) is 0.333. The Morgan fingerprint density at radius 3 is 2.79 bits per heavy atom. The molecule has 0 aromatic heterocycles. The highest BCUT2D eigenvalue weighted by Crippen LogP contribution is 2.35. The maximum atomic E-state index is 12.0. The number of hydrogen-bond acceptors (Lipinski definition) is 5. The van der Waals surface area contributed by atoms with Crippen LogP contribution in [0.4, 0.5) is 0 Å². The monoisotopic (exact) mass is 448 g/mol. The molecule has 0 radical (unpaired) electrons. The van der Waals surface area contributed by atoms with Gasteiger partial charge in [-0.25, -0.2) is 5.43 Å². The second kappa shape index (κ2) is 10.7. The Kier molecular flexibility index (Phi) is 8.32. The summed E-state index contributed by atoms with van der Waals surface area (Å²) in [6.07, 6.45) is 3.44. The second-order valence-electron chi connectivity index (χ2n) is 6.22. The minimum atomic E-state index is -0.148. The SMILES string of the molecule is CCOc1cc(/C=N\NC(=O)CCCc2ccc(OC)cc2C)cc(Br)c1O. The van der Waals surface area contributed by atoms with Crippen molar-refractivity contribution >= 4 is 28.1 Å². The molecule has 2 N–H and O–H groups in total. The molecule has 2 rings (SSSR count). The van der Waals surface area contributed by atoms with Gasteiger partial charge >= 0.3 is 0 Å². The lowest BCUT2D eigenvalue weighted by molar-refractivity contribution is -0.121. The number of rotatable bonds is 9. The first-order valence-electron chi connectivity index (χ1n) is 9.05. The van der Waals surface area contributed by atoms with Crippen molar-refractivity contribution in [2.75, 3.05) is 13.7 Å². The van der Waals surface area contributed by atoms with Crippen molar-refractivity contribution in [3.05, 3.63) is 51.5 Å². The van der Waals surface area contributed by atoms with Crippen LogP contribution in [0.1, 0.15) is 36.5 Å². The van der Waals surface area contributed by atoms with Crippen LogP contribution in [0.25, 0.3) is 0 Å². The van der Waals surface area contributed by atoms with Crippen LogP contribution in [-0.2, 0) is 11.2 Å². The third-order valence-corrected chi connectivity index (χ3v) is 4.76. The molecule has 0 saturated heterocycles. The average Bonchev–Trinajstić information content (AvgIpc) is 2.67. The maximum Gasteiger partial charge on any atom is 0.240 e. The van der Waals surface area contributed by atoms with Crippen LogP contribution >= 0.6 is 15.9 Å². The molecule has 28 heavy (non-hydrogen) atoms. The third kappa shape index (κ3) is 6.27. The van der Waals surface area contributed by atoms with E-state index >= 15 is 0 Å². The molecular formula is C21H25BrN2O4. The standard InChI is InChI=1S/C21H25BrN2O4/c1-4-28-19-12-15(11-18(22)21(19)26)13-23-24-20(25)7-5-6-16-8-9-17(27-3)10-14(16)2/h8-13,26H,4-7H2,1-3H3,(H,24,25)/b23-13-. The molecule has 7 heteroatoms. The molecule has 0 saturated carbocycles. The zero-order chi connectivity index (χ0) is 20.5. The van der Waals surface area contributed by atoms with Gasteiger partial charge in [0.2, 0.25) is 5.91 Å². The lowest BCUT2D eigenvalue weighted by Gasteiger charge is -2.08. The fourth-order valence-corrected chi connectivity index (χ4v) is 3.14. The Morgan fingerprint density at radius 1 is 1.32 bits per heavy atom. The number of nitrogens with one attached hydrogen (secondary N) is 1. The quantitative estimate of drug-likeness (QED) is 0.441. The number of hydrazone groups is 1. The molecule has 0 heterocycles. The first kappa shape index (κ1) is 21.8. The van der Waals surface area contributed by atoms with Gasteiger partial charge in [-0.1, -0.05) is 6.07 Å². The van der Waals surface area contributed by atoms with Gasteiger partial charge in [-0.3, -0.25) is 4.79 Å². The van der Waals surface area contributed by atoms with Crippen molar-refractivity contribution in [2.24, 2.45) is 5.10 Å². The van der Waals surface area contributed by atoms with Crippen LogP contribution in [-0.4, -0.2) is 30.9 Å². The fourth-order valence-electron chi connectivity index (χ4n) is 2.68. The van der Waals surface area contributed by atoms with Gasteiger partial charge in [0.05, 0.1) is 24.4 Å². The Labute approximate surface area is 173 Å². The number of ether oxygens (including phenoxy) is 2. The van der Waals surface area contributed by atoms with E-state index in [9.17, 15) is 9.90 Å². The summed E-state index contributed by atoms with van der Waals surface area (Å²) in [7, 11) is 1.65. The van der Waals surface area contributed by atoms with Crippen molar-refractivity contribution in [1.82, 2.24) is 5.43 Å². The van der Waals surface area contributed by atoms with Gasteiger partial charge in [-0.15, -0.1) is 0 Å². The van der Waals surface area contributed by atoms with Crippen LogP contribution in [0.5, 0.6) is 17.2 Å². The van der Waals surface area contributed by atoms with E-state index in [4.69, 9.17) is 9.47 Å². The van der Waals surface area contributed by atoms with Crippen LogP contribution in [0.2, 0.25) is 0 Å². The molecular weight excluding hydrogens is 424 g/mol. The first-order chi connectivity index (χ1) is 13.4. The summed E-state index contributed by atoms with van der Waals surface area (Å²) in [5.41, 5.74) is 5.58. The number of amides is 1. The van der Waals surface area contributed by atoms with Gasteiger partial charge in [0.15, 0.2) is 11.5 Å². The van der Waals surface area contributed by atoms with E-state index in [-0.39, 0.29) is 11.7 Å². The molecule has 0 unspecified atom stereocenters. The molecule has 0 spiro atoms. The Morgan fingerprint density at radius 2 is 2.11 bits per heavy atom. The molecule has 2 aromatic carbocycles. The summed E-state index contributed by atoms with van der Waals surface area (Å²) in [6, 6.07) is 9.31. The average molecular weight is 449 g/mol. The number of halogens is 1. The number of hydrogen-bond donors (Lipinski definition) is 2. The Hall–Kier alpha value is -2.54. The molecule has 0 fully saturated rings. The highest BCUT2D eigenvalue weighted by Gasteiger charge is 2.08. The zero-order valence-corrected chi connectivity index (χ0v) is 17.9. The molecule has 0 atom stereocenters. The number of benzene rings is 2. The van der Waals surface area contributed by atoms with Gasteiger partial charge in [0.25, 0.3) is 0 Å². The lowest BCUT2D eigenvalue weighted by atomic mass is 10.0. The van der Waals surface area contributed by atoms with Crippen molar-refractivity contribution in [3.63, 3.8) is 0 Å². The summed E-state index contributed by atoms with van der Waals surface area (Å²) in [6.45, 7) is 4.31. The van der Waals surface area contributed by atoms with Crippen LogP contribution in [0.3, 0.4) is 0 Å².